The van der Waals surface area contributed by atoms with Crippen LogP contribution in [0.3, 0.4) is 0 Å². The Morgan fingerprint density at radius 3 is 2.19 bits per heavy atom. The minimum atomic E-state index is -1.34. The quantitative estimate of drug-likeness (QED) is 0.301. The van der Waals surface area contributed by atoms with E-state index < -0.39 is 47.1 Å². The first kappa shape index (κ1) is 26.1. The van der Waals surface area contributed by atoms with Gasteiger partial charge in [-0.3, -0.25) is 10.1 Å². The van der Waals surface area contributed by atoms with Crippen molar-refractivity contribution in [2.75, 3.05) is 20.8 Å². The molecule has 0 saturated carbocycles. The van der Waals surface area contributed by atoms with E-state index in [2.05, 4.69) is 0 Å². The predicted octanol–water partition coefficient (Wildman–Crippen LogP) is 3.20. The van der Waals surface area contributed by atoms with Crippen LogP contribution in [0.15, 0.2) is 54.6 Å². The Kier molecular flexibility index (Phi) is 7.69. The van der Waals surface area contributed by atoms with Crippen LogP contribution in [0, 0.1) is 10.1 Å². The van der Waals surface area contributed by atoms with E-state index in [4.69, 9.17) is 33.2 Å². The third-order valence-corrected chi connectivity index (χ3v) is 6.54. The summed E-state index contributed by atoms with van der Waals surface area (Å²) >= 11 is 0. The van der Waals surface area contributed by atoms with Crippen molar-refractivity contribution in [3.63, 3.8) is 0 Å². The van der Waals surface area contributed by atoms with E-state index in [1.807, 2.05) is 30.3 Å². The summed E-state index contributed by atoms with van der Waals surface area (Å²) in [5.74, 6) is -3.36. The van der Waals surface area contributed by atoms with E-state index in [1.165, 1.54) is 38.5 Å². The Morgan fingerprint density at radius 1 is 1.00 bits per heavy atom. The number of rotatable bonds is 8. The van der Waals surface area contributed by atoms with Crippen molar-refractivity contribution in [1.82, 2.24) is 0 Å². The zero-order valence-corrected chi connectivity index (χ0v) is 20.4. The van der Waals surface area contributed by atoms with Crippen molar-refractivity contribution in [3.8, 4) is 0 Å². The zero-order valence-electron chi connectivity index (χ0n) is 20.4. The summed E-state index contributed by atoms with van der Waals surface area (Å²) in [7, 11) is 2.93. The molecule has 36 heavy (non-hydrogen) atoms. The molecule has 0 aliphatic carbocycles. The smallest absolute Gasteiger partial charge is 0.338 e. The van der Waals surface area contributed by atoms with E-state index in [1.54, 1.807) is 13.8 Å². The molecule has 2 aromatic carbocycles. The third-order valence-electron chi connectivity index (χ3n) is 6.54. The Morgan fingerprint density at radius 2 is 1.61 bits per heavy atom. The Labute approximate surface area is 208 Å². The molecule has 2 saturated heterocycles. The molecule has 2 heterocycles. The lowest BCUT2D eigenvalue weighted by molar-refractivity contribution is -0.479. The summed E-state index contributed by atoms with van der Waals surface area (Å²) < 4.78 is 41.5. The molecule has 11 heteroatoms. The molecule has 0 aromatic heterocycles. The van der Waals surface area contributed by atoms with Crippen LogP contribution >= 0.6 is 0 Å². The number of benzene rings is 2. The molecule has 0 bridgehead atoms. The fourth-order valence-electron chi connectivity index (χ4n) is 4.13. The van der Waals surface area contributed by atoms with Crippen LogP contribution in [-0.4, -0.2) is 67.9 Å². The van der Waals surface area contributed by atoms with Crippen LogP contribution in [0.2, 0.25) is 0 Å². The van der Waals surface area contributed by atoms with Crippen molar-refractivity contribution in [2.45, 2.75) is 56.6 Å². The van der Waals surface area contributed by atoms with Crippen LogP contribution in [-0.2, 0) is 39.8 Å². The van der Waals surface area contributed by atoms with Crippen molar-refractivity contribution in [1.29, 1.82) is 0 Å². The maximum atomic E-state index is 12.8. The highest BCUT2D eigenvalue weighted by molar-refractivity contribution is 5.89. The van der Waals surface area contributed by atoms with Crippen molar-refractivity contribution >= 4 is 11.7 Å². The normalized spacial score (nSPS) is 31.9. The number of esters is 1. The number of nitrogens with zero attached hydrogens (tertiary/aromatic N) is 1. The van der Waals surface area contributed by atoms with Crippen LogP contribution in [0.1, 0.15) is 29.8 Å². The summed E-state index contributed by atoms with van der Waals surface area (Å²) in [5.41, 5.74) is 0.953. The van der Waals surface area contributed by atoms with Crippen LogP contribution < -0.4 is 0 Å². The molecule has 2 aliphatic rings. The van der Waals surface area contributed by atoms with E-state index in [-0.39, 0.29) is 24.5 Å². The molecule has 194 valence electrons. The van der Waals surface area contributed by atoms with E-state index >= 15 is 0 Å². The number of ether oxygens (including phenoxy) is 7. The molecule has 4 rings (SSSR count). The van der Waals surface area contributed by atoms with Gasteiger partial charge in [0.05, 0.1) is 23.7 Å². The number of carbonyl (C=O) groups excluding carboxylic acids is 1. The van der Waals surface area contributed by atoms with E-state index in [0.717, 1.165) is 5.56 Å². The second kappa shape index (κ2) is 10.6. The minimum absolute atomic E-state index is 0.0355. The van der Waals surface area contributed by atoms with Gasteiger partial charge >= 0.3 is 5.97 Å². The molecule has 0 amide bonds. The first-order chi connectivity index (χ1) is 17.2. The van der Waals surface area contributed by atoms with E-state index in [0.29, 0.717) is 0 Å². The lowest BCUT2D eigenvalue weighted by atomic mass is 9.98. The molecule has 0 radical (unpaired) electrons. The molecule has 0 spiro atoms. The third kappa shape index (κ3) is 5.12. The molecule has 0 unspecified atom stereocenters. The van der Waals surface area contributed by atoms with Crippen molar-refractivity contribution in [3.05, 3.63) is 75.8 Å². The molecule has 6 atom stereocenters. The number of hydrogen-bond donors (Lipinski definition) is 0. The molecular formula is C25H29NO10. The van der Waals surface area contributed by atoms with Gasteiger partial charge in [-0.1, -0.05) is 30.3 Å². The first-order valence-electron chi connectivity index (χ1n) is 11.4. The fourth-order valence-corrected chi connectivity index (χ4v) is 4.13. The highest BCUT2D eigenvalue weighted by atomic mass is 16.8. The summed E-state index contributed by atoms with van der Waals surface area (Å²) in [4.78, 5) is 23.2. The molecule has 2 aliphatic heterocycles. The molecule has 0 N–H and O–H groups in total. The number of non-ortho nitro benzene ring substituents is 1. The van der Waals surface area contributed by atoms with Crippen LogP contribution in [0.5, 0.6) is 0 Å². The van der Waals surface area contributed by atoms with Gasteiger partial charge in [0.25, 0.3) is 5.69 Å². The standard InChI is InChI=1S/C25H29NO10/c1-24(30-3)25(2,31-4)36-21-20(35-24)19(15-33-23(21)32-14-16-8-6-5-7-9-16)34-22(27)17-10-12-18(13-11-17)26(28)29/h5-13,19-21,23H,14-15H2,1-4H3/t19-,20-,21-,23+,24-,25-/m0/s1. The second-order valence-corrected chi connectivity index (χ2v) is 8.71. The minimum Gasteiger partial charge on any atom is -0.453 e. The van der Waals surface area contributed by atoms with Gasteiger partial charge in [-0.2, -0.15) is 0 Å². The van der Waals surface area contributed by atoms with Gasteiger partial charge in [0, 0.05) is 26.4 Å². The number of methoxy groups -OCH3 is 2. The summed E-state index contributed by atoms with van der Waals surface area (Å²) in [6.45, 7) is 3.56. The number of fused-ring (bicyclic) bond motifs is 1. The molecule has 2 fully saturated rings. The highest BCUT2D eigenvalue weighted by Gasteiger charge is 2.62. The lowest BCUT2D eigenvalue weighted by Crippen LogP contribution is -2.71. The van der Waals surface area contributed by atoms with Crippen LogP contribution in [0.25, 0.3) is 0 Å². The molecule has 11 nitrogen and oxygen atoms in total. The number of nitro benzene ring substituents is 1. The Hall–Kier alpha value is -2.93. The number of nitro groups is 1. The zero-order chi connectivity index (χ0) is 25.9. The average molecular weight is 504 g/mol. The van der Waals surface area contributed by atoms with Crippen molar-refractivity contribution < 1.29 is 42.9 Å². The van der Waals surface area contributed by atoms with Gasteiger partial charge in [-0.15, -0.1) is 0 Å². The Bertz CT molecular complexity index is 1060. The largest absolute Gasteiger partial charge is 0.453 e. The Balaban J connectivity index is 1.55. The SMILES string of the molecule is CO[C@@]1(C)O[C@@H]2[C@H](OCc3ccccc3)OC[C@H](OC(=O)c3ccc([N+](=O)[O-])cc3)[C@@H]2O[C@]1(C)OC. The number of carbonyl (C=O) groups is 1. The average Bonchev–Trinajstić information content (AvgIpc) is 2.89. The highest BCUT2D eigenvalue weighted by Crippen LogP contribution is 2.43. The molecular weight excluding hydrogens is 474 g/mol. The topological polar surface area (TPSA) is 125 Å². The second-order valence-electron chi connectivity index (χ2n) is 8.71. The van der Waals surface area contributed by atoms with Gasteiger partial charge in [-0.25, -0.2) is 4.79 Å². The van der Waals surface area contributed by atoms with Gasteiger partial charge in [0.1, 0.15) is 12.2 Å². The first-order valence-corrected chi connectivity index (χ1v) is 11.4. The van der Waals surface area contributed by atoms with Gasteiger partial charge in [0.15, 0.2) is 12.4 Å². The summed E-state index contributed by atoms with van der Waals surface area (Å²) in [6.07, 6.45) is -3.38. The maximum Gasteiger partial charge on any atom is 0.338 e. The maximum absolute atomic E-state index is 12.8. The van der Waals surface area contributed by atoms with Gasteiger partial charge < -0.3 is 33.2 Å². The fraction of sp³-hybridized carbons (Fsp3) is 0.480. The van der Waals surface area contributed by atoms with E-state index in [9.17, 15) is 14.9 Å². The predicted molar refractivity (Wildman–Crippen MR) is 124 cm³/mol. The lowest BCUT2D eigenvalue weighted by Gasteiger charge is -2.55. The van der Waals surface area contributed by atoms with Crippen LogP contribution in [0.4, 0.5) is 5.69 Å². The monoisotopic (exact) mass is 503 g/mol. The number of hydrogen-bond acceptors (Lipinski definition) is 10. The summed E-state index contributed by atoms with van der Waals surface area (Å²) in [5, 5.41) is 10.9. The van der Waals surface area contributed by atoms with Crippen molar-refractivity contribution in [2.24, 2.45) is 0 Å². The molecule has 2 aromatic rings. The van der Waals surface area contributed by atoms with Gasteiger partial charge in [0.2, 0.25) is 11.6 Å². The van der Waals surface area contributed by atoms with Gasteiger partial charge in [-0.05, 0) is 31.5 Å². The summed E-state index contributed by atoms with van der Waals surface area (Å²) in [6, 6.07) is 14.7.